The lowest BCUT2D eigenvalue weighted by atomic mass is 10.1. The topological polar surface area (TPSA) is 39.3 Å². The molecule has 122 valence electrons. The van der Waals surface area contributed by atoms with Crippen LogP contribution >= 0.6 is 0 Å². The summed E-state index contributed by atoms with van der Waals surface area (Å²) in [6.07, 6.45) is 1.92. The van der Waals surface area contributed by atoms with Crippen molar-refractivity contribution in [1.29, 1.82) is 0 Å². The minimum absolute atomic E-state index is 0.0213. The zero-order chi connectivity index (χ0) is 17.3. The van der Waals surface area contributed by atoms with Gasteiger partial charge in [-0.1, -0.05) is 23.8 Å². The third-order valence-electron chi connectivity index (χ3n) is 5.09. The van der Waals surface area contributed by atoms with E-state index in [-0.39, 0.29) is 5.56 Å². The fourth-order valence-electron chi connectivity index (χ4n) is 3.91. The minimum atomic E-state index is -0.0213. The van der Waals surface area contributed by atoms with E-state index in [9.17, 15) is 4.79 Å². The van der Waals surface area contributed by atoms with Crippen LogP contribution in [0, 0.1) is 13.8 Å². The van der Waals surface area contributed by atoms with Gasteiger partial charge in [0.2, 0.25) is 0 Å². The highest BCUT2D eigenvalue weighted by Crippen LogP contribution is 2.33. The Morgan fingerprint density at radius 2 is 1.80 bits per heavy atom. The van der Waals surface area contributed by atoms with E-state index in [1.54, 1.807) is 4.40 Å². The Kier molecular flexibility index (Phi) is 2.67. The van der Waals surface area contributed by atoms with Crippen molar-refractivity contribution in [2.45, 2.75) is 13.8 Å². The minimum Gasteiger partial charge on any atom is -0.341 e. The number of benzene rings is 2. The lowest BCUT2D eigenvalue weighted by Crippen LogP contribution is -2.16. The van der Waals surface area contributed by atoms with E-state index in [0.29, 0.717) is 11.0 Å². The molecule has 0 aliphatic carbocycles. The van der Waals surface area contributed by atoms with Crippen LogP contribution in [0.3, 0.4) is 0 Å². The van der Waals surface area contributed by atoms with Gasteiger partial charge in [0.15, 0.2) is 5.65 Å². The first-order valence-corrected chi connectivity index (χ1v) is 8.36. The molecule has 5 aromatic rings. The maximum absolute atomic E-state index is 13.0. The first kappa shape index (κ1) is 14.2. The first-order chi connectivity index (χ1) is 12.1. The van der Waals surface area contributed by atoms with Gasteiger partial charge in [-0.2, -0.15) is 0 Å². The Hall–Kier alpha value is -3.14. The Morgan fingerprint density at radius 1 is 1.00 bits per heavy atom. The molecule has 0 bridgehead atoms. The number of fused-ring (bicyclic) bond motifs is 6. The molecule has 25 heavy (non-hydrogen) atoms. The number of nitrogens with zero attached hydrogens (tertiary/aromatic N) is 3. The second-order valence-corrected chi connectivity index (χ2v) is 6.74. The molecule has 0 saturated heterocycles. The lowest BCUT2D eigenvalue weighted by molar-refractivity contribution is 0.995. The van der Waals surface area contributed by atoms with Gasteiger partial charge in [0.1, 0.15) is 0 Å². The summed E-state index contributed by atoms with van der Waals surface area (Å²) < 4.78 is 3.83. The molecular formula is C21H17N3O. The maximum atomic E-state index is 13.0. The van der Waals surface area contributed by atoms with Gasteiger partial charge in [0, 0.05) is 29.5 Å². The normalized spacial score (nSPS) is 12.0. The molecule has 0 radical (unpaired) electrons. The second-order valence-electron chi connectivity index (χ2n) is 6.74. The average molecular weight is 327 g/mol. The van der Waals surface area contributed by atoms with E-state index in [1.807, 2.05) is 37.5 Å². The van der Waals surface area contributed by atoms with Crippen molar-refractivity contribution in [3.63, 3.8) is 0 Å². The fraction of sp³-hybridized carbons (Fsp3) is 0.143. The van der Waals surface area contributed by atoms with E-state index in [1.165, 1.54) is 16.3 Å². The van der Waals surface area contributed by atoms with E-state index in [4.69, 9.17) is 4.98 Å². The zero-order valence-corrected chi connectivity index (χ0v) is 14.4. The average Bonchev–Trinajstić information content (AvgIpc) is 2.90. The van der Waals surface area contributed by atoms with Crippen LogP contribution in [-0.4, -0.2) is 14.0 Å². The molecule has 0 fully saturated rings. The quantitative estimate of drug-likeness (QED) is 0.402. The number of hydrogen-bond donors (Lipinski definition) is 0. The molecule has 0 aliphatic rings. The predicted molar refractivity (Wildman–Crippen MR) is 102 cm³/mol. The van der Waals surface area contributed by atoms with E-state index < -0.39 is 0 Å². The van der Waals surface area contributed by atoms with Gasteiger partial charge < -0.3 is 4.57 Å². The van der Waals surface area contributed by atoms with Crippen LogP contribution < -0.4 is 5.56 Å². The van der Waals surface area contributed by atoms with E-state index in [0.717, 1.165) is 22.1 Å². The van der Waals surface area contributed by atoms with Gasteiger partial charge >= 0.3 is 0 Å². The lowest BCUT2D eigenvalue weighted by Gasteiger charge is -2.08. The number of pyridine rings is 1. The molecule has 0 N–H and O–H groups in total. The molecule has 3 aromatic heterocycles. The van der Waals surface area contributed by atoms with Gasteiger partial charge in [-0.3, -0.25) is 9.20 Å². The zero-order valence-electron chi connectivity index (χ0n) is 14.4. The van der Waals surface area contributed by atoms with Crippen molar-refractivity contribution < 1.29 is 0 Å². The Labute approximate surface area is 144 Å². The molecule has 5 rings (SSSR count). The van der Waals surface area contributed by atoms with Crippen molar-refractivity contribution in [2.75, 3.05) is 0 Å². The van der Waals surface area contributed by atoms with Crippen LogP contribution in [-0.2, 0) is 7.05 Å². The molecule has 3 heterocycles. The molecule has 0 unspecified atom stereocenters. The van der Waals surface area contributed by atoms with Crippen molar-refractivity contribution in [1.82, 2.24) is 14.0 Å². The van der Waals surface area contributed by atoms with E-state index in [2.05, 4.69) is 36.6 Å². The number of rotatable bonds is 0. The molecule has 0 amide bonds. The van der Waals surface area contributed by atoms with E-state index >= 15 is 0 Å². The second kappa shape index (κ2) is 4.70. The molecule has 4 nitrogen and oxygen atoms in total. The highest BCUT2D eigenvalue weighted by molar-refractivity contribution is 6.14. The van der Waals surface area contributed by atoms with Gasteiger partial charge in [-0.05, 0) is 43.7 Å². The van der Waals surface area contributed by atoms with Crippen molar-refractivity contribution in [3.05, 3.63) is 70.1 Å². The van der Waals surface area contributed by atoms with Crippen LogP contribution in [0.1, 0.15) is 11.1 Å². The molecule has 0 aliphatic heterocycles. The third kappa shape index (κ3) is 1.76. The van der Waals surface area contributed by atoms with Crippen LogP contribution in [0.25, 0.3) is 38.4 Å². The monoisotopic (exact) mass is 327 g/mol. The smallest absolute Gasteiger partial charge is 0.265 e. The molecule has 0 saturated carbocycles. The van der Waals surface area contributed by atoms with Gasteiger partial charge in [-0.15, -0.1) is 0 Å². The highest BCUT2D eigenvalue weighted by Gasteiger charge is 2.17. The third-order valence-corrected chi connectivity index (χ3v) is 5.09. The Balaban J connectivity index is 2.15. The van der Waals surface area contributed by atoms with Crippen LogP contribution in [0.5, 0.6) is 0 Å². The summed E-state index contributed by atoms with van der Waals surface area (Å²) in [6.45, 7) is 4.16. The Morgan fingerprint density at radius 3 is 2.64 bits per heavy atom. The van der Waals surface area contributed by atoms with Crippen LogP contribution in [0.15, 0.2) is 53.5 Å². The molecular weight excluding hydrogens is 310 g/mol. The number of aromatic nitrogens is 3. The number of hydrogen-bond acceptors (Lipinski definition) is 2. The largest absolute Gasteiger partial charge is 0.341 e. The molecule has 2 aromatic carbocycles. The van der Waals surface area contributed by atoms with Crippen molar-refractivity contribution in [3.8, 4) is 0 Å². The Bertz CT molecular complexity index is 1390. The fourth-order valence-corrected chi connectivity index (χ4v) is 3.91. The first-order valence-electron chi connectivity index (χ1n) is 8.36. The number of para-hydroxylation sites is 1. The standard InChI is InChI=1S/C21H17N3O/c1-12-8-9-17-15(10-12)18-13(2)11-24-20(19(18)23(17)3)22-16-7-5-4-6-14(16)21(24)25/h4-11H,1-3H3. The summed E-state index contributed by atoms with van der Waals surface area (Å²) in [7, 11) is 2.04. The maximum Gasteiger partial charge on any atom is 0.265 e. The van der Waals surface area contributed by atoms with Crippen LogP contribution in [0.4, 0.5) is 0 Å². The van der Waals surface area contributed by atoms with Crippen molar-refractivity contribution >= 4 is 38.4 Å². The number of aryl methyl sites for hydroxylation is 3. The summed E-state index contributed by atoms with van der Waals surface area (Å²) >= 11 is 0. The SMILES string of the molecule is Cc1ccc2c(c1)c1c(C)cn3c(=O)c4ccccc4nc3c1n2C. The summed E-state index contributed by atoms with van der Waals surface area (Å²) in [6, 6.07) is 14.0. The van der Waals surface area contributed by atoms with Gasteiger partial charge in [0.05, 0.1) is 16.4 Å². The molecule has 4 heteroatoms. The summed E-state index contributed by atoms with van der Waals surface area (Å²) in [5.74, 6) is 0. The summed E-state index contributed by atoms with van der Waals surface area (Å²) in [5.41, 5.74) is 5.88. The predicted octanol–water partition coefficient (Wildman–Crippen LogP) is 4.11. The van der Waals surface area contributed by atoms with Gasteiger partial charge in [-0.25, -0.2) is 4.98 Å². The summed E-state index contributed by atoms with van der Waals surface area (Å²) in [4.78, 5) is 17.8. The van der Waals surface area contributed by atoms with Crippen LogP contribution in [0.2, 0.25) is 0 Å². The molecule has 0 spiro atoms. The van der Waals surface area contributed by atoms with Crippen molar-refractivity contribution in [2.24, 2.45) is 7.05 Å². The highest BCUT2D eigenvalue weighted by atomic mass is 16.1. The van der Waals surface area contributed by atoms with Gasteiger partial charge in [0.25, 0.3) is 5.56 Å². The molecule has 0 atom stereocenters. The summed E-state index contributed by atoms with van der Waals surface area (Å²) in [5, 5.41) is 3.02.